The number of carbonyl (C=O) groups is 1. The lowest BCUT2D eigenvalue weighted by Gasteiger charge is -2.23. The summed E-state index contributed by atoms with van der Waals surface area (Å²) in [5.41, 5.74) is 2.49. The van der Waals surface area contributed by atoms with E-state index in [2.05, 4.69) is 6.07 Å². The van der Waals surface area contributed by atoms with Gasteiger partial charge in [0.1, 0.15) is 5.75 Å². The SMILES string of the molecule is CCOc1ccc(N(CCC#N)C(=O)c2cccc(S(=O)(=O)N3CCc4ccccc43)c2)cc1. The maximum Gasteiger partial charge on any atom is 0.264 e. The van der Waals surface area contributed by atoms with E-state index in [1.54, 1.807) is 42.5 Å². The first-order valence-electron chi connectivity index (χ1n) is 11.1. The Morgan fingerprint density at radius 2 is 1.85 bits per heavy atom. The summed E-state index contributed by atoms with van der Waals surface area (Å²) in [6.07, 6.45) is 0.787. The second-order valence-electron chi connectivity index (χ2n) is 7.78. The Morgan fingerprint density at radius 3 is 2.59 bits per heavy atom. The number of rotatable bonds is 8. The third-order valence-electron chi connectivity index (χ3n) is 5.67. The van der Waals surface area contributed by atoms with Gasteiger partial charge in [-0.05, 0) is 67.4 Å². The Kier molecular flexibility index (Phi) is 6.85. The number of ether oxygens (including phenoxy) is 1. The maximum absolute atomic E-state index is 13.4. The van der Waals surface area contributed by atoms with E-state index in [0.29, 0.717) is 36.7 Å². The second-order valence-corrected chi connectivity index (χ2v) is 9.64. The quantitative estimate of drug-likeness (QED) is 0.482. The number of anilines is 2. The first-order valence-corrected chi connectivity index (χ1v) is 12.5. The van der Waals surface area contributed by atoms with Gasteiger partial charge >= 0.3 is 0 Å². The van der Waals surface area contributed by atoms with Crippen molar-refractivity contribution in [2.45, 2.75) is 24.7 Å². The van der Waals surface area contributed by atoms with E-state index in [9.17, 15) is 13.2 Å². The lowest BCUT2D eigenvalue weighted by Crippen LogP contribution is -2.32. The zero-order valence-electron chi connectivity index (χ0n) is 18.8. The van der Waals surface area contributed by atoms with Gasteiger partial charge in [-0.3, -0.25) is 9.10 Å². The van der Waals surface area contributed by atoms with E-state index in [1.807, 2.05) is 25.1 Å². The molecule has 34 heavy (non-hydrogen) atoms. The predicted octanol–water partition coefficient (Wildman–Crippen LogP) is 4.40. The smallest absolute Gasteiger partial charge is 0.264 e. The molecule has 1 aliphatic heterocycles. The van der Waals surface area contributed by atoms with Crippen LogP contribution in [0.5, 0.6) is 5.75 Å². The highest BCUT2D eigenvalue weighted by atomic mass is 32.2. The van der Waals surface area contributed by atoms with Crippen molar-refractivity contribution in [3.8, 4) is 11.8 Å². The fraction of sp³-hybridized carbons (Fsp3) is 0.231. The van der Waals surface area contributed by atoms with Gasteiger partial charge in [0.05, 0.1) is 29.7 Å². The lowest BCUT2D eigenvalue weighted by atomic mass is 10.1. The molecule has 0 aliphatic carbocycles. The minimum absolute atomic E-state index is 0.0574. The fourth-order valence-electron chi connectivity index (χ4n) is 4.03. The van der Waals surface area contributed by atoms with Crippen LogP contribution in [0.3, 0.4) is 0 Å². The van der Waals surface area contributed by atoms with E-state index in [4.69, 9.17) is 10.00 Å². The van der Waals surface area contributed by atoms with Crippen molar-refractivity contribution < 1.29 is 17.9 Å². The highest BCUT2D eigenvalue weighted by molar-refractivity contribution is 7.92. The summed E-state index contributed by atoms with van der Waals surface area (Å²) in [5, 5.41) is 9.09. The number of carbonyl (C=O) groups excluding carboxylic acids is 1. The van der Waals surface area contributed by atoms with Crippen LogP contribution in [-0.4, -0.2) is 34.0 Å². The number of nitrogens with zero attached hydrogens (tertiary/aromatic N) is 3. The zero-order valence-corrected chi connectivity index (χ0v) is 19.7. The number of amides is 1. The average molecular weight is 476 g/mol. The molecule has 0 radical (unpaired) electrons. The molecule has 1 amide bonds. The number of nitriles is 1. The molecule has 0 atom stereocenters. The Bertz CT molecular complexity index is 1330. The summed E-state index contributed by atoms with van der Waals surface area (Å²) in [6.45, 7) is 2.96. The van der Waals surface area contributed by atoms with Gasteiger partial charge in [0, 0.05) is 24.3 Å². The van der Waals surface area contributed by atoms with E-state index in [0.717, 1.165) is 5.56 Å². The van der Waals surface area contributed by atoms with Gasteiger partial charge in [-0.15, -0.1) is 0 Å². The molecule has 0 N–H and O–H groups in total. The molecule has 3 aromatic carbocycles. The summed E-state index contributed by atoms with van der Waals surface area (Å²) in [4.78, 5) is 15.0. The van der Waals surface area contributed by atoms with E-state index in [1.165, 1.54) is 21.3 Å². The molecular weight excluding hydrogens is 450 g/mol. The lowest BCUT2D eigenvalue weighted by molar-refractivity contribution is 0.0987. The molecule has 0 bridgehead atoms. The molecule has 0 saturated heterocycles. The van der Waals surface area contributed by atoms with Gasteiger partial charge in [-0.1, -0.05) is 24.3 Å². The number of para-hydroxylation sites is 1. The zero-order chi connectivity index (χ0) is 24.1. The van der Waals surface area contributed by atoms with Gasteiger partial charge in [-0.2, -0.15) is 5.26 Å². The van der Waals surface area contributed by atoms with E-state index in [-0.39, 0.29) is 29.3 Å². The predicted molar refractivity (Wildman–Crippen MR) is 131 cm³/mol. The molecule has 8 heteroatoms. The highest BCUT2D eigenvalue weighted by Crippen LogP contribution is 2.33. The standard InChI is InChI=1S/C26H25N3O4S/c1-2-33-23-13-11-22(12-14-23)28(17-6-16-27)26(30)21-8-5-9-24(19-21)34(31,32)29-18-15-20-7-3-4-10-25(20)29/h3-5,7-14,19H,2,6,15,17-18H2,1H3. The number of hydrogen-bond acceptors (Lipinski definition) is 5. The van der Waals surface area contributed by atoms with Gasteiger partial charge in [0.25, 0.3) is 15.9 Å². The number of benzene rings is 3. The van der Waals surface area contributed by atoms with Crippen molar-refractivity contribution in [3.05, 3.63) is 83.9 Å². The molecule has 4 rings (SSSR count). The molecule has 0 spiro atoms. The van der Waals surface area contributed by atoms with Crippen LogP contribution in [0.15, 0.2) is 77.7 Å². The van der Waals surface area contributed by atoms with Gasteiger partial charge < -0.3 is 9.64 Å². The summed E-state index contributed by atoms with van der Waals surface area (Å²) in [7, 11) is -3.83. The Balaban J connectivity index is 1.65. The third kappa shape index (κ3) is 4.61. The molecule has 7 nitrogen and oxygen atoms in total. The first-order chi connectivity index (χ1) is 16.5. The highest BCUT2D eigenvalue weighted by Gasteiger charge is 2.31. The van der Waals surface area contributed by atoms with Crippen LogP contribution >= 0.6 is 0 Å². The fourth-order valence-corrected chi connectivity index (χ4v) is 5.58. The van der Waals surface area contributed by atoms with Gasteiger partial charge in [0.2, 0.25) is 0 Å². The largest absolute Gasteiger partial charge is 0.494 e. The van der Waals surface area contributed by atoms with Crippen LogP contribution in [0.2, 0.25) is 0 Å². The van der Waals surface area contributed by atoms with E-state index < -0.39 is 10.0 Å². The Labute approximate surface area is 199 Å². The van der Waals surface area contributed by atoms with Crippen molar-refractivity contribution in [2.75, 3.05) is 28.9 Å². The summed E-state index contributed by atoms with van der Waals surface area (Å²) in [5.74, 6) is 0.302. The van der Waals surface area contributed by atoms with E-state index >= 15 is 0 Å². The van der Waals surface area contributed by atoms with Gasteiger partial charge in [-0.25, -0.2) is 8.42 Å². The Hall–Kier alpha value is -3.83. The summed E-state index contributed by atoms with van der Waals surface area (Å²) in [6, 6.07) is 22.6. The molecule has 1 aliphatic rings. The Morgan fingerprint density at radius 1 is 1.09 bits per heavy atom. The van der Waals surface area contributed by atoms with Crippen molar-refractivity contribution in [1.29, 1.82) is 5.26 Å². The molecule has 3 aromatic rings. The summed E-state index contributed by atoms with van der Waals surface area (Å²) < 4.78 is 33.7. The number of sulfonamides is 1. The topological polar surface area (TPSA) is 90.7 Å². The van der Waals surface area contributed by atoms with Crippen LogP contribution < -0.4 is 13.9 Å². The van der Waals surface area contributed by atoms with Crippen LogP contribution in [0.4, 0.5) is 11.4 Å². The van der Waals surface area contributed by atoms with Crippen LogP contribution in [0.25, 0.3) is 0 Å². The number of fused-ring (bicyclic) bond motifs is 1. The number of hydrogen-bond donors (Lipinski definition) is 0. The maximum atomic E-state index is 13.4. The normalized spacial score (nSPS) is 12.6. The molecule has 174 valence electrons. The van der Waals surface area contributed by atoms with Crippen molar-refractivity contribution >= 4 is 27.3 Å². The monoisotopic (exact) mass is 475 g/mol. The first kappa shape index (κ1) is 23.3. The van der Waals surface area contributed by atoms with Crippen molar-refractivity contribution in [3.63, 3.8) is 0 Å². The van der Waals surface area contributed by atoms with Gasteiger partial charge in [0.15, 0.2) is 0 Å². The average Bonchev–Trinajstić information content (AvgIpc) is 3.30. The van der Waals surface area contributed by atoms with Crippen LogP contribution in [0.1, 0.15) is 29.3 Å². The van der Waals surface area contributed by atoms with Crippen molar-refractivity contribution in [1.82, 2.24) is 0 Å². The molecule has 0 saturated carbocycles. The minimum atomic E-state index is -3.83. The third-order valence-corrected chi connectivity index (χ3v) is 7.47. The minimum Gasteiger partial charge on any atom is -0.494 e. The second kappa shape index (κ2) is 9.98. The van der Waals surface area contributed by atoms with Crippen LogP contribution in [0, 0.1) is 11.3 Å². The van der Waals surface area contributed by atoms with Crippen LogP contribution in [-0.2, 0) is 16.4 Å². The molecule has 1 heterocycles. The molecule has 0 fully saturated rings. The van der Waals surface area contributed by atoms with Crippen molar-refractivity contribution in [2.24, 2.45) is 0 Å². The molecule has 0 aromatic heterocycles. The molecular formula is C26H25N3O4S. The summed E-state index contributed by atoms with van der Waals surface area (Å²) >= 11 is 0. The molecule has 0 unspecified atom stereocenters.